The van der Waals surface area contributed by atoms with E-state index in [1.807, 2.05) is 90.1 Å². The molecule has 6 atom stereocenters. The molecule has 4 bridgehead atoms. The zero-order valence-corrected chi connectivity index (χ0v) is 34.2. The molecule has 10 nitrogen and oxygen atoms in total. The average Bonchev–Trinajstić information content (AvgIpc) is 3.79. The summed E-state index contributed by atoms with van der Waals surface area (Å²) in [4.78, 5) is 56.4. The first-order valence-corrected chi connectivity index (χ1v) is 20.9. The largest absolute Gasteiger partial charge is 0.493 e. The highest BCUT2D eigenvalue weighted by atomic mass is 16.6. The molecule has 2 aromatic rings. The van der Waals surface area contributed by atoms with Crippen LogP contribution in [0.3, 0.4) is 0 Å². The monoisotopic (exact) mass is 772 g/mol. The van der Waals surface area contributed by atoms with Crippen LogP contribution in [0.5, 0.6) is 11.5 Å². The molecule has 2 aromatic carbocycles. The first-order chi connectivity index (χ1) is 26.7. The van der Waals surface area contributed by atoms with Gasteiger partial charge in [0, 0.05) is 23.0 Å². The minimum absolute atomic E-state index is 0.192. The number of para-hydroxylation sites is 2. The van der Waals surface area contributed by atoms with Gasteiger partial charge in [-0.25, -0.2) is 9.59 Å². The predicted octanol–water partition coefficient (Wildman–Crippen LogP) is 8.37. The Balaban J connectivity index is 1.07. The Hall–Kier alpha value is -3.76. The van der Waals surface area contributed by atoms with E-state index in [2.05, 4.69) is 0 Å². The first kappa shape index (κ1) is 40.4. The summed E-state index contributed by atoms with van der Waals surface area (Å²) in [6.07, 6.45) is 9.22. The van der Waals surface area contributed by atoms with Crippen LogP contribution in [0.25, 0.3) is 0 Å². The van der Waals surface area contributed by atoms with Gasteiger partial charge in [-0.3, -0.25) is 9.59 Å². The van der Waals surface area contributed by atoms with E-state index in [-0.39, 0.29) is 24.8 Å². The number of benzene rings is 2. The number of ether oxygens (including phenoxy) is 6. The molecule has 0 amide bonds. The van der Waals surface area contributed by atoms with Gasteiger partial charge < -0.3 is 28.4 Å². The van der Waals surface area contributed by atoms with Gasteiger partial charge in [0.25, 0.3) is 0 Å². The van der Waals surface area contributed by atoms with Gasteiger partial charge in [0.15, 0.2) is 11.6 Å². The van der Waals surface area contributed by atoms with E-state index in [9.17, 15) is 19.2 Å². The van der Waals surface area contributed by atoms with Crippen molar-refractivity contribution < 1.29 is 47.6 Å². The second kappa shape index (κ2) is 15.2. The predicted molar refractivity (Wildman–Crippen MR) is 209 cm³/mol. The molecule has 2 spiro atoms. The van der Waals surface area contributed by atoms with Crippen molar-refractivity contribution in [2.75, 3.05) is 26.4 Å². The molecule has 0 radical (unpaired) electrons. The van der Waals surface area contributed by atoms with Gasteiger partial charge in [0.1, 0.15) is 11.5 Å². The molecule has 5 aliphatic rings. The SMILES string of the molecule is CC12CC3c4ccccc4OCCCCCCOc4ccccc4C4CC5(C)OC4(C(=O)OCCCCCCCCOC(=O)C3(O1)C(=O)C2(C)C)C(=O)C5(C)C. The van der Waals surface area contributed by atoms with E-state index in [0.717, 1.165) is 62.5 Å². The third-order valence-electron chi connectivity index (χ3n) is 14.1. The Bertz CT molecular complexity index is 1700. The Morgan fingerprint density at radius 2 is 0.768 bits per heavy atom. The molecular formula is C46H60O10. The van der Waals surface area contributed by atoms with Crippen molar-refractivity contribution in [2.45, 2.75) is 153 Å². The van der Waals surface area contributed by atoms with E-state index < -0.39 is 57.0 Å². The van der Waals surface area contributed by atoms with Gasteiger partial charge in [-0.05, 0) is 105 Å². The fourth-order valence-electron chi connectivity index (χ4n) is 9.97. The molecule has 56 heavy (non-hydrogen) atoms. The Kier molecular flexibility index (Phi) is 11.0. The summed E-state index contributed by atoms with van der Waals surface area (Å²) in [5, 5.41) is 0. The lowest BCUT2D eigenvalue weighted by Gasteiger charge is -2.39. The molecule has 5 aliphatic heterocycles. The lowest BCUT2D eigenvalue weighted by atomic mass is 9.59. The maximum Gasteiger partial charge on any atom is 0.346 e. The maximum atomic E-state index is 14.2. The number of hydrogen-bond acceptors (Lipinski definition) is 10. The fourth-order valence-corrected chi connectivity index (χ4v) is 9.97. The van der Waals surface area contributed by atoms with Gasteiger partial charge in [-0.15, -0.1) is 0 Å². The third kappa shape index (κ3) is 6.37. The Morgan fingerprint density at radius 1 is 0.446 bits per heavy atom. The summed E-state index contributed by atoms with van der Waals surface area (Å²) in [6, 6.07) is 15.4. The van der Waals surface area contributed by atoms with Crippen LogP contribution in [0.4, 0.5) is 0 Å². The number of ketones is 2. The van der Waals surface area contributed by atoms with Crippen molar-refractivity contribution in [3.05, 3.63) is 59.7 Å². The number of esters is 2. The van der Waals surface area contributed by atoms with Crippen LogP contribution in [0, 0.1) is 10.8 Å². The van der Waals surface area contributed by atoms with Crippen LogP contribution in [0.1, 0.15) is 142 Å². The number of Topliss-reactive ketones (excluding diaryl/α,β-unsaturated/α-hetero) is 2. The quantitative estimate of drug-likeness (QED) is 0.191. The second-order valence-corrected chi connectivity index (χ2v) is 18.1. The molecule has 4 saturated heterocycles. The Labute approximate surface area is 331 Å². The summed E-state index contributed by atoms with van der Waals surface area (Å²) in [6.45, 7) is 12.7. The van der Waals surface area contributed by atoms with Gasteiger partial charge in [-0.2, -0.15) is 0 Å². The first-order valence-electron chi connectivity index (χ1n) is 20.9. The van der Waals surface area contributed by atoms with Crippen LogP contribution in [-0.4, -0.2) is 72.3 Å². The zero-order valence-electron chi connectivity index (χ0n) is 34.2. The molecule has 304 valence electrons. The summed E-state index contributed by atoms with van der Waals surface area (Å²) in [5.74, 6) is -1.44. The van der Waals surface area contributed by atoms with Crippen LogP contribution in [-0.2, 0) is 38.1 Å². The summed E-state index contributed by atoms with van der Waals surface area (Å²) in [7, 11) is 0. The molecule has 4 fully saturated rings. The number of carbonyl (C=O) groups is 4. The fraction of sp³-hybridized carbons (Fsp3) is 0.652. The van der Waals surface area contributed by atoms with Crippen LogP contribution < -0.4 is 9.47 Å². The van der Waals surface area contributed by atoms with E-state index in [0.29, 0.717) is 50.4 Å². The molecule has 5 heterocycles. The molecule has 0 aliphatic carbocycles. The lowest BCUT2D eigenvalue weighted by molar-refractivity contribution is -0.173. The molecule has 0 aromatic heterocycles. The Morgan fingerprint density at radius 3 is 1.12 bits per heavy atom. The minimum atomic E-state index is -1.73. The van der Waals surface area contributed by atoms with Crippen LogP contribution in [0.2, 0.25) is 0 Å². The second-order valence-electron chi connectivity index (χ2n) is 18.1. The highest BCUT2D eigenvalue weighted by molar-refractivity contribution is 6.14. The average molecular weight is 773 g/mol. The maximum absolute atomic E-state index is 14.2. The van der Waals surface area contributed by atoms with Gasteiger partial charge in [-0.1, -0.05) is 62.1 Å². The van der Waals surface area contributed by atoms with Crippen molar-refractivity contribution in [3.8, 4) is 11.5 Å². The van der Waals surface area contributed by atoms with E-state index in [1.54, 1.807) is 0 Å². The third-order valence-corrected chi connectivity index (χ3v) is 14.1. The molecule has 0 N–H and O–H groups in total. The number of rotatable bonds is 0. The van der Waals surface area contributed by atoms with Crippen molar-refractivity contribution in [1.29, 1.82) is 0 Å². The van der Waals surface area contributed by atoms with Gasteiger partial charge in [0.05, 0.1) is 48.5 Å². The van der Waals surface area contributed by atoms with Crippen molar-refractivity contribution in [1.82, 2.24) is 0 Å². The number of hydrogen-bond donors (Lipinski definition) is 0. The summed E-state index contributed by atoms with van der Waals surface area (Å²) in [5.41, 5.74) is -5.22. The smallest absolute Gasteiger partial charge is 0.346 e. The van der Waals surface area contributed by atoms with E-state index in [1.165, 1.54) is 0 Å². The number of carbonyl (C=O) groups excluding carboxylic acids is 4. The van der Waals surface area contributed by atoms with Gasteiger partial charge >= 0.3 is 11.9 Å². The lowest BCUT2D eigenvalue weighted by Crippen LogP contribution is -2.55. The molecule has 6 unspecified atom stereocenters. The highest BCUT2D eigenvalue weighted by Gasteiger charge is 2.79. The highest BCUT2D eigenvalue weighted by Crippen LogP contribution is 2.66. The van der Waals surface area contributed by atoms with Crippen molar-refractivity contribution >= 4 is 23.5 Å². The normalized spacial score (nSPS) is 35.3. The minimum Gasteiger partial charge on any atom is -0.493 e. The molecule has 10 heteroatoms. The molecule has 7 rings (SSSR count). The molecule has 0 saturated carbocycles. The van der Waals surface area contributed by atoms with Crippen LogP contribution in [0.15, 0.2) is 48.5 Å². The van der Waals surface area contributed by atoms with Crippen molar-refractivity contribution in [3.63, 3.8) is 0 Å². The van der Waals surface area contributed by atoms with Crippen molar-refractivity contribution in [2.24, 2.45) is 10.8 Å². The van der Waals surface area contributed by atoms with E-state index >= 15 is 0 Å². The summed E-state index contributed by atoms with van der Waals surface area (Å²) >= 11 is 0. The van der Waals surface area contributed by atoms with Crippen LogP contribution >= 0.6 is 0 Å². The standard InChI is InChI=1S/C46H60O10/c1-41(2)37(47)45-33(29-43(41,5)55-45)31-21-13-15-23-35(31)51-25-17-11-12-18-26-52-36-24-16-14-22-32(36)34-30-44(6)42(3,4)38(48)46(34,56-44)40(50)54-28-20-10-8-7-9-19-27-53-39(45)49/h13-16,21-24,33-34H,7-12,17-20,25-30H2,1-6H3. The zero-order chi connectivity index (χ0) is 40.0. The number of fused-ring (bicyclic) bond motifs is 6. The van der Waals surface area contributed by atoms with E-state index in [4.69, 9.17) is 28.4 Å². The van der Waals surface area contributed by atoms with Gasteiger partial charge in [0.2, 0.25) is 11.2 Å². The molecular weight excluding hydrogens is 712 g/mol. The topological polar surface area (TPSA) is 124 Å². The summed E-state index contributed by atoms with van der Waals surface area (Å²) < 4.78 is 37.5. The number of cyclic esters (lactones) is 2.